The maximum atomic E-state index is 13.8. The van der Waals surface area contributed by atoms with E-state index in [0.29, 0.717) is 15.6 Å². The average Bonchev–Trinajstić information content (AvgIpc) is 3.35. The number of hydrogen-bond acceptors (Lipinski definition) is 2. The molecule has 2 aromatic rings. The Balaban J connectivity index is 1.68. The zero-order valence-electron chi connectivity index (χ0n) is 19.2. The average molecular weight is 667 g/mol. The smallest absolute Gasteiger partial charge is 0.294 e. The molecule has 0 saturated heterocycles. The first kappa shape index (κ1) is 30.5. The number of carbonyl (C=O) groups excluding carboxylic acids is 1. The summed E-state index contributed by atoms with van der Waals surface area (Å²) in [7, 11) is -1.45. The first-order chi connectivity index (χ1) is 17.1. The van der Waals surface area contributed by atoms with Crippen molar-refractivity contribution >= 4 is 73.4 Å². The lowest BCUT2D eigenvalue weighted by atomic mass is 9.96. The number of alkyl halides is 5. The highest BCUT2D eigenvalue weighted by molar-refractivity contribution is 9.10. The Bertz CT molecular complexity index is 1210. The molecular weight excluding hydrogens is 646 g/mol. The Hall–Kier alpha value is -1.00. The van der Waals surface area contributed by atoms with E-state index in [-0.39, 0.29) is 56.7 Å². The fourth-order valence-electron chi connectivity index (χ4n) is 3.78. The Labute approximate surface area is 237 Å². The molecule has 1 aliphatic rings. The second-order valence-corrected chi connectivity index (χ2v) is 12.7. The lowest BCUT2D eigenvalue weighted by Crippen LogP contribution is -2.19. The van der Waals surface area contributed by atoms with Gasteiger partial charge in [-0.2, -0.15) is 13.2 Å². The van der Waals surface area contributed by atoms with Gasteiger partial charge in [0, 0.05) is 51.1 Å². The molecule has 1 aliphatic carbocycles. The Morgan fingerprint density at radius 3 is 2.30 bits per heavy atom. The Kier molecular flexibility index (Phi) is 9.93. The molecule has 2 nitrogen and oxygen atoms in total. The summed E-state index contributed by atoms with van der Waals surface area (Å²) in [5.41, 5.74) is 0.543. The molecule has 37 heavy (non-hydrogen) atoms. The molecule has 0 aliphatic heterocycles. The molecule has 3 rings (SSSR count). The van der Waals surface area contributed by atoms with Crippen LogP contribution in [-0.2, 0) is 10.8 Å². The van der Waals surface area contributed by atoms with Crippen molar-refractivity contribution < 1.29 is 31.0 Å². The minimum atomic E-state index is -4.63. The molecule has 12 heteroatoms. The van der Waals surface area contributed by atoms with Gasteiger partial charge in [0.05, 0.1) is 21.0 Å². The highest BCUT2D eigenvalue weighted by Gasteiger charge is 2.57. The second kappa shape index (κ2) is 12.0. The van der Waals surface area contributed by atoms with Gasteiger partial charge in [0.15, 0.2) is 5.78 Å². The molecule has 0 bridgehead atoms. The van der Waals surface area contributed by atoms with Crippen LogP contribution in [0, 0.1) is 11.8 Å². The summed E-state index contributed by atoms with van der Waals surface area (Å²) in [5.74, 6) is -6.09. The van der Waals surface area contributed by atoms with Crippen LogP contribution in [0.25, 0.3) is 6.08 Å². The number of halogens is 9. The zero-order valence-corrected chi connectivity index (χ0v) is 23.9. The highest BCUT2D eigenvalue weighted by Crippen LogP contribution is 2.49. The van der Waals surface area contributed by atoms with Crippen LogP contribution in [0.3, 0.4) is 0 Å². The summed E-state index contributed by atoms with van der Waals surface area (Å²) in [6.45, 7) is 1.72. The standard InChI is InChI=1S/C25H21BrCl3F5O2S/c1-13(11-37(36)12-16-10-24(16,30)31)6-22(35)17-4-2-14(7-19(17)26)3-5-18(25(32,33)34)15-8-20(27)23(29)21(28)9-15/h2-5,7-9,13,16,18H,6,10-12H2,1H3/b5-3+/t13-,16?,18?,37?/m0/s1. The van der Waals surface area contributed by atoms with E-state index in [1.807, 2.05) is 0 Å². The van der Waals surface area contributed by atoms with Gasteiger partial charge in [0.2, 0.25) is 0 Å². The third kappa shape index (κ3) is 8.24. The van der Waals surface area contributed by atoms with E-state index in [1.54, 1.807) is 6.92 Å². The summed E-state index contributed by atoms with van der Waals surface area (Å²) in [4.78, 5) is 12.7. The van der Waals surface area contributed by atoms with Gasteiger partial charge in [0.1, 0.15) is 0 Å². The lowest BCUT2D eigenvalue weighted by Gasteiger charge is -2.18. The van der Waals surface area contributed by atoms with Gasteiger partial charge >= 0.3 is 6.18 Å². The number of hydrogen-bond donors (Lipinski definition) is 0. The summed E-state index contributed by atoms with van der Waals surface area (Å²) in [6, 6.07) is 6.72. The largest absolute Gasteiger partial charge is 0.399 e. The SMILES string of the molecule is C[C@@H](CC(=O)c1ccc(/C=C/C(c2cc(Cl)c(Cl)c(Cl)c2)C(F)(F)F)cc1Br)CS(=O)CC1CC1(F)F. The van der Waals surface area contributed by atoms with Gasteiger partial charge in [-0.1, -0.05) is 75.9 Å². The van der Waals surface area contributed by atoms with Crippen LogP contribution in [-0.4, -0.2) is 33.6 Å². The first-order valence-electron chi connectivity index (χ1n) is 11.0. The van der Waals surface area contributed by atoms with Crippen LogP contribution in [0.1, 0.15) is 47.2 Å². The van der Waals surface area contributed by atoms with Crippen LogP contribution in [0.15, 0.2) is 40.9 Å². The maximum Gasteiger partial charge on any atom is 0.399 e. The fraction of sp³-hybridized carbons (Fsp3) is 0.400. The quantitative estimate of drug-likeness (QED) is 0.144. The molecule has 4 atom stereocenters. The van der Waals surface area contributed by atoms with Crippen LogP contribution >= 0.6 is 50.7 Å². The van der Waals surface area contributed by atoms with Gasteiger partial charge in [-0.3, -0.25) is 9.00 Å². The van der Waals surface area contributed by atoms with Crippen LogP contribution in [0.4, 0.5) is 22.0 Å². The zero-order chi connectivity index (χ0) is 27.7. The second-order valence-electron chi connectivity index (χ2n) is 9.08. The van der Waals surface area contributed by atoms with E-state index in [9.17, 15) is 31.0 Å². The molecule has 3 unspecified atom stereocenters. The van der Waals surface area contributed by atoms with Gasteiger partial charge < -0.3 is 0 Å². The van der Waals surface area contributed by atoms with E-state index in [2.05, 4.69) is 15.9 Å². The van der Waals surface area contributed by atoms with Gasteiger partial charge in [0.25, 0.3) is 5.92 Å². The molecule has 1 saturated carbocycles. The van der Waals surface area contributed by atoms with Gasteiger partial charge in [-0.05, 0) is 41.3 Å². The number of allylic oxidation sites excluding steroid dienone is 1. The van der Waals surface area contributed by atoms with Crippen molar-refractivity contribution in [1.29, 1.82) is 0 Å². The van der Waals surface area contributed by atoms with E-state index >= 15 is 0 Å². The van der Waals surface area contributed by atoms with Crippen molar-refractivity contribution in [2.24, 2.45) is 11.8 Å². The molecule has 0 amide bonds. The third-order valence-electron chi connectivity index (χ3n) is 5.84. The normalized spacial score (nSPS) is 19.6. The van der Waals surface area contributed by atoms with E-state index in [0.717, 1.165) is 18.2 Å². The number of benzene rings is 2. The molecule has 0 heterocycles. The van der Waals surface area contributed by atoms with Crippen molar-refractivity contribution in [3.05, 3.63) is 72.6 Å². The monoisotopic (exact) mass is 664 g/mol. The molecule has 0 N–H and O–H groups in total. The molecule has 202 valence electrons. The predicted molar refractivity (Wildman–Crippen MR) is 142 cm³/mol. The number of rotatable bonds is 10. The molecule has 1 fully saturated rings. The van der Waals surface area contributed by atoms with Gasteiger partial charge in [-0.25, -0.2) is 8.78 Å². The van der Waals surface area contributed by atoms with Crippen LogP contribution < -0.4 is 0 Å². The Morgan fingerprint density at radius 2 is 1.78 bits per heavy atom. The number of Topliss-reactive ketones (excluding diaryl/α,β-unsaturated/α-hetero) is 1. The minimum absolute atomic E-state index is 0.0359. The van der Waals surface area contributed by atoms with E-state index in [1.165, 1.54) is 24.3 Å². The minimum Gasteiger partial charge on any atom is -0.294 e. The summed E-state index contributed by atoms with van der Waals surface area (Å²) >= 11 is 21.0. The summed E-state index contributed by atoms with van der Waals surface area (Å²) in [5, 5.41) is -0.229. The van der Waals surface area contributed by atoms with E-state index in [4.69, 9.17) is 34.8 Å². The van der Waals surface area contributed by atoms with Crippen molar-refractivity contribution in [2.75, 3.05) is 11.5 Å². The predicted octanol–water partition coefficient (Wildman–Crippen LogP) is 9.38. The van der Waals surface area contributed by atoms with Crippen molar-refractivity contribution in [1.82, 2.24) is 0 Å². The molecule has 0 aromatic heterocycles. The molecule has 0 spiro atoms. The summed E-state index contributed by atoms with van der Waals surface area (Å²) < 4.78 is 79.8. The number of ketones is 1. The van der Waals surface area contributed by atoms with Crippen molar-refractivity contribution in [2.45, 2.75) is 37.8 Å². The molecular formula is C25H21BrCl3F5O2S. The molecule has 2 aromatic carbocycles. The number of carbonyl (C=O) groups is 1. The summed E-state index contributed by atoms with van der Waals surface area (Å²) in [6.07, 6.45) is -2.60. The van der Waals surface area contributed by atoms with Crippen LogP contribution in [0.5, 0.6) is 0 Å². The van der Waals surface area contributed by atoms with Crippen LogP contribution in [0.2, 0.25) is 15.1 Å². The lowest BCUT2D eigenvalue weighted by molar-refractivity contribution is -0.139. The Morgan fingerprint density at radius 1 is 1.19 bits per heavy atom. The van der Waals surface area contributed by atoms with Crippen molar-refractivity contribution in [3.8, 4) is 0 Å². The molecule has 0 radical (unpaired) electrons. The topological polar surface area (TPSA) is 34.1 Å². The highest BCUT2D eigenvalue weighted by atomic mass is 79.9. The van der Waals surface area contributed by atoms with Crippen molar-refractivity contribution in [3.63, 3.8) is 0 Å². The maximum absolute atomic E-state index is 13.8. The van der Waals surface area contributed by atoms with Gasteiger partial charge in [-0.15, -0.1) is 0 Å². The third-order valence-corrected chi connectivity index (χ3v) is 9.41. The first-order valence-corrected chi connectivity index (χ1v) is 14.4. The fourth-order valence-corrected chi connectivity index (χ4v) is 6.71. The van der Waals surface area contributed by atoms with E-state index < -0.39 is 34.7 Å².